The normalized spacial score (nSPS) is 17.2. The fraction of sp³-hybridized carbons (Fsp3) is 0.412. The van der Waals surface area contributed by atoms with E-state index in [0.29, 0.717) is 41.2 Å². The molecule has 2 N–H and O–H groups in total. The molecule has 2 aromatic rings. The van der Waals surface area contributed by atoms with Crippen LogP contribution in [0.3, 0.4) is 0 Å². The van der Waals surface area contributed by atoms with Crippen molar-refractivity contribution in [1.29, 1.82) is 0 Å². The number of aryl methyl sites for hydroxylation is 1. The number of hydrogen-bond acceptors (Lipinski definition) is 4. The van der Waals surface area contributed by atoms with E-state index in [2.05, 4.69) is 11.9 Å². The highest BCUT2D eigenvalue weighted by Gasteiger charge is 2.28. The summed E-state index contributed by atoms with van der Waals surface area (Å²) in [5, 5.41) is 0.472. The lowest BCUT2D eigenvalue weighted by Crippen LogP contribution is -2.37. The molecule has 6 nitrogen and oxygen atoms in total. The standard InChI is InChI=1S/C17H21N3O3S/c1-11-5-7-20(8-6-11)24(22,23)13-3-4-16-14(10-13)15(17(18)21)9-12(2)19-16/h3-4,9-11H,5-8H2,1-2H3,(H2,18,21). The van der Waals surface area contributed by atoms with Gasteiger partial charge in [-0.3, -0.25) is 9.78 Å². The number of primary amides is 1. The first-order valence-corrected chi connectivity index (χ1v) is 9.44. The van der Waals surface area contributed by atoms with Gasteiger partial charge in [0.05, 0.1) is 16.0 Å². The molecule has 2 heterocycles. The lowest BCUT2D eigenvalue weighted by atomic mass is 10.0. The molecular formula is C17H21N3O3S. The zero-order valence-electron chi connectivity index (χ0n) is 13.8. The van der Waals surface area contributed by atoms with Crippen molar-refractivity contribution in [3.05, 3.63) is 35.5 Å². The average Bonchev–Trinajstić information content (AvgIpc) is 2.53. The van der Waals surface area contributed by atoms with Crippen molar-refractivity contribution >= 4 is 26.8 Å². The minimum atomic E-state index is -3.58. The van der Waals surface area contributed by atoms with E-state index in [-0.39, 0.29) is 4.90 Å². The van der Waals surface area contributed by atoms with E-state index in [1.165, 1.54) is 10.4 Å². The lowest BCUT2D eigenvalue weighted by Gasteiger charge is -2.29. The predicted octanol–water partition coefficient (Wildman–Crippen LogP) is 2.06. The first-order valence-electron chi connectivity index (χ1n) is 8.00. The molecule has 1 aliphatic heterocycles. The van der Waals surface area contributed by atoms with Gasteiger partial charge in [-0.25, -0.2) is 8.42 Å². The number of amides is 1. The number of sulfonamides is 1. The molecule has 1 aromatic carbocycles. The number of pyridine rings is 1. The largest absolute Gasteiger partial charge is 0.366 e. The summed E-state index contributed by atoms with van der Waals surface area (Å²) in [6.07, 6.45) is 1.72. The Morgan fingerprint density at radius 1 is 1.25 bits per heavy atom. The third kappa shape index (κ3) is 3.01. The molecule has 1 amide bonds. The fourth-order valence-corrected chi connectivity index (χ4v) is 4.57. The van der Waals surface area contributed by atoms with Crippen LogP contribution in [0.2, 0.25) is 0 Å². The van der Waals surface area contributed by atoms with Gasteiger partial charge in [-0.2, -0.15) is 4.31 Å². The molecule has 3 rings (SSSR count). The highest BCUT2D eigenvalue weighted by Crippen LogP contribution is 2.27. The molecule has 0 unspecified atom stereocenters. The first-order chi connectivity index (χ1) is 11.3. The highest BCUT2D eigenvalue weighted by atomic mass is 32.2. The number of fused-ring (bicyclic) bond motifs is 1. The summed E-state index contributed by atoms with van der Waals surface area (Å²) in [6.45, 7) is 4.95. The van der Waals surface area contributed by atoms with Crippen LogP contribution < -0.4 is 5.73 Å². The number of nitrogens with zero attached hydrogens (tertiary/aromatic N) is 2. The van der Waals surface area contributed by atoms with Gasteiger partial charge >= 0.3 is 0 Å². The molecule has 1 saturated heterocycles. The molecule has 0 radical (unpaired) electrons. The Bertz CT molecular complexity index is 901. The Kier molecular flexibility index (Phi) is 4.31. The van der Waals surface area contributed by atoms with Gasteiger partial charge in [-0.05, 0) is 49.9 Å². The number of piperidine rings is 1. The van der Waals surface area contributed by atoms with Crippen molar-refractivity contribution in [2.45, 2.75) is 31.6 Å². The maximum absolute atomic E-state index is 12.9. The van der Waals surface area contributed by atoms with Crippen molar-refractivity contribution in [3.63, 3.8) is 0 Å². The molecule has 0 saturated carbocycles. The van der Waals surface area contributed by atoms with Crippen LogP contribution in [0.25, 0.3) is 10.9 Å². The van der Waals surface area contributed by atoms with Gasteiger partial charge in [0.25, 0.3) is 0 Å². The Balaban J connectivity index is 2.08. The number of aromatic nitrogens is 1. The molecule has 0 atom stereocenters. The van der Waals surface area contributed by atoms with Crippen LogP contribution in [-0.4, -0.2) is 36.7 Å². The number of nitrogens with two attached hydrogens (primary N) is 1. The second kappa shape index (κ2) is 6.14. The van der Waals surface area contributed by atoms with E-state index in [4.69, 9.17) is 5.73 Å². The zero-order chi connectivity index (χ0) is 17.5. The Morgan fingerprint density at radius 2 is 1.92 bits per heavy atom. The van der Waals surface area contributed by atoms with Crippen LogP contribution in [0.1, 0.15) is 35.8 Å². The molecule has 1 fully saturated rings. The maximum atomic E-state index is 12.9. The van der Waals surface area contributed by atoms with E-state index in [1.807, 2.05) is 0 Å². The number of rotatable bonds is 3. The van der Waals surface area contributed by atoms with Gasteiger partial charge in [0.2, 0.25) is 15.9 Å². The van der Waals surface area contributed by atoms with Gasteiger partial charge in [0.1, 0.15) is 0 Å². The SMILES string of the molecule is Cc1cc(C(N)=O)c2cc(S(=O)(=O)N3CCC(C)CC3)ccc2n1. The van der Waals surface area contributed by atoms with Crippen LogP contribution in [0.15, 0.2) is 29.2 Å². The van der Waals surface area contributed by atoms with Gasteiger partial charge in [-0.1, -0.05) is 6.92 Å². The molecule has 24 heavy (non-hydrogen) atoms. The molecular weight excluding hydrogens is 326 g/mol. The van der Waals surface area contributed by atoms with Crippen LogP contribution in [0.4, 0.5) is 0 Å². The van der Waals surface area contributed by atoms with Crippen LogP contribution in [-0.2, 0) is 10.0 Å². The molecule has 128 valence electrons. The zero-order valence-corrected chi connectivity index (χ0v) is 14.6. The van der Waals surface area contributed by atoms with Gasteiger partial charge < -0.3 is 5.73 Å². The van der Waals surface area contributed by atoms with Crippen molar-refractivity contribution in [2.75, 3.05) is 13.1 Å². The minimum absolute atomic E-state index is 0.178. The summed E-state index contributed by atoms with van der Waals surface area (Å²) in [6, 6.07) is 6.28. The quantitative estimate of drug-likeness (QED) is 0.919. The summed E-state index contributed by atoms with van der Waals surface area (Å²) >= 11 is 0. The summed E-state index contributed by atoms with van der Waals surface area (Å²) in [5.74, 6) is -0.0476. The molecule has 1 aliphatic rings. The number of hydrogen-bond donors (Lipinski definition) is 1. The Hall–Kier alpha value is -1.99. The monoisotopic (exact) mass is 347 g/mol. The molecule has 0 spiro atoms. The molecule has 0 aliphatic carbocycles. The average molecular weight is 347 g/mol. The van der Waals surface area contributed by atoms with Crippen molar-refractivity contribution in [3.8, 4) is 0 Å². The summed E-state index contributed by atoms with van der Waals surface area (Å²) < 4.78 is 27.3. The van der Waals surface area contributed by atoms with Crippen LogP contribution in [0, 0.1) is 12.8 Å². The third-order valence-electron chi connectivity index (χ3n) is 4.55. The maximum Gasteiger partial charge on any atom is 0.249 e. The van der Waals surface area contributed by atoms with E-state index in [1.54, 1.807) is 25.1 Å². The predicted molar refractivity (Wildman–Crippen MR) is 92.2 cm³/mol. The fourth-order valence-electron chi connectivity index (χ4n) is 3.08. The minimum Gasteiger partial charge on any atom is -0.366 e. The smallest absolute Gasteiger partial charge is 0.249 e. The van der Waals surface area contributed by atoms with E-state index < -0.39 is 15.9 Å². The van der Waals surface area contributed by atoms with E-state index in [9.17, 15) is 13.2 Å². The number of carbonyl (C=O) groups is 1. The van der Waals surface area contributed by atoms with Crippen LogP contribution in [0.5, 0.6) is 0 Å². The molecule has 0 bridgehead atoms. The van der Waals surface area contributed by atoms with Gasteiger partial charge in [0.15, 0.2) is 0 Å². The second-order valence-electron chi connectivity index (χ2n) is 6.44. The summed E-state index contributed by atoms with van der Waals surface area (Å²) in [5.41, 5.74) is 6.96. The third-order valence-corrected chi connectivity index (χ3v) is 6.45. The summed E-state index contributed by atoms with van der Waals surface area (Å²) in [7, 11) is -3.58. The van der Waals surface area contributed by atoms with E-state index in [0.717, 1.165) is 12.8 Å². The Labute approximate surface area is 141 Å². The van der Waals surface area contributed by atoms with Gasteiger partial charge in [0, 0.05) is 24.2 Å². The highest BCUT2D eigenvalue weighted by molar-refractivity contribution is 7.89. The first kappa shape index (κ1) is 16.9. The second-order valence-corrected chi connectivity index (χ2v) is 8.38. The van der Waals surface area contributed by atoms with Gasteiger partial charge in [-0.15, -0.1) is 0 Å². The lowest BCUT2D eigenvalue weighted by molar-refractivity contribution is 0.100. The van der Waals surface area contributed by atoms with E-state index >= 15 is 0 Å². The topological polar surface area (TPSA) is 93.4 Å². The van der Waals surface area contributed by atoms with Crippen molar-refractivity contribution in [2.24, 2.45) is 11.7 Å². The summed E-state index contributed by atoms with van der Waals surface area (Å²) in [4.78, 5) is 16.2. The number of benzene rings is 1. The van der Waals surface area contributed by atoms with Crippen molar-refractivity contribution in [1.82, 2.24) is 9.29 Å². The Morgan fingerprint density at radius 3 is 2.54 bits per heavy atom. The molecule has 7 heteroatoms. The number of carbonyl (C=O) groups excluding carboxylic acids is 1. The molecule has 1 aromatic heterocycles. The van der Waals surface area contributed by atoms with Crippen molar-refractivity contribution < 1.29 is 13.2 Å². The van der Waals surface area contributed by atoms with Crippen LogP contribution >= 0.6 is 0 Å².